The number of nitrogens with one attached hydrogen (secondary N) is 3. The zero-order valence-corrected chi connectivity index (χ0v) is 22.7. The number of rotatable bonds is 7. The van der Waals surface area contributed by atoms with E-state index in [0.29, 0.717) is 23.2 Å². The van der Waals surface area contributed by atoms with Gasteiger partial charge in [0.05, 0.1) is 5.56 Å². The van der Waals surface area contributed by atoms with Crippen LogP contribution >= 0.6 is 11.3 Å². The minimum Gasteiger partial charge on any atom is -0.474 e. The average molecular weight is 591 g/mol. The third-order valence-corrected chi connectivity index (χ3v) is 7.15. The normalized spacial score (nSPS) is 14.7. The van der Waals surface area contributed by atoms with E-state index in [-0.39, 0.29) is 34.3 Å². The Kier molecular flexibility index (Phi) is 8.03. The van der Waals surface area contributed by atoms with Crippen molar-refractivity contribution >= 4 is 23.2 Å². The molecule has 0 unspecified atom stereocenters. The van der Waals surface area contributed by atoms with Crippen molar-refractivity contribution in [2.24, 2.45) is 0 Å². The summed E-state index contributed by atoms with van der Waals surface area (Å²) < 4.78 is 51.8. The Morgan fingerprint density at radius 1 is 1.20 bits per heavy atom. The number of pyridine rings is 2. The molecule has 4 aromatic rings. The number of anilines is 1. The number of amides is 2. The summed E-state index contributed by atoms with van der Waals surface area (Å²) in [7, 11) is 2.02. The lowest BCUT2D eigenvalue weighted by Gasteiger charge is -2.29. The Morgan fingerprint density at radius 3 is 2.63 bits per heavy atom. The standard InChI is InChI=1S/C25H25F3N8O4S/c1-3-29-23(37)33-19-9-16(22-32-18(12-41-22)25(26,27)28)17(11-30-19)15-8-13(20-34-35-24(38)40-20)10-31-21(15)39-14-4-6-36(2)7-5-14/h8-12,14H,3-7H2,1-2H3,(H,35,38)(H2,29,30,33,37). The SMILES string of the molecule is CCNC(=O)Nc1cc(-c2nc(C(F)(F)F)cs2)c(-c2cc(-c3n[nH]c(=O)o3)cnc2OC2CCN(C)CC2)cn1. The molecule has 41 heavy (non-hydrogen) atoms. The molecule has 216 valence electrons. The number of carbonyl (C=O) groups is 1. The lowest BCUT2D eigenvalue weighted by molar-refractivity contribution is -0.140. The summed E-state index contributed by atoms with van der Waals surface area (Å²) >= 11 is 0.791. The highest BCUT2D eigenvalue weighted by Gasteiger charge is 2.34. The summed E-state index contributed by atoms with van der Waals surface area (Å²) in [5.74, 6) is -0.494. The summed E-state index contributed by atoms with van der Waals surface area (Å²) in [6.07, 6.45) is -0.486. The average Bonchev–Trinajstić information content (AvgIpc) is 3.60. The van der Waals surface area contributed by atoms with Gasteiger partial charge in [0.25, 0.3) is 5.89 Å². The number of halogens is 3. The number of aromatic nitrogens is 5. The fraction of sp³-hybridized carbons (Fsp3) is 0.360. The van der Waals surface area contributed by atoms with Crippen molar-refractivity contribution in [1.29, 1.82) is 0 Å². The molecular weight excluding hydrogens is 565 g/mol. The molecule has 1 saturated heterocycles. The number of H-pyrrole nitrogens is 1. The molecule has 4 aromatic heterocycles. The molecule has 1 aliphatic heterocycles. The summed E-state index contributed by atoms with van der Waals surface area (Å²) in [5.41, 5.74) is 0.224. The molecule has 0 spiro atoms. The Bertz CT molecular complexity index is 1590. The molecule has 5 rings (SSSR count). The fourth-order valence-electron chi connectivity index (χ4n) is 4.23. The molecule has 1 aliphatic rings. The number of ether oxygens (including phenoxy) is 1. The van der Waals surface area contributed by atoms with Crippen molar-refractivity contribution in [3.05, 3.63) is 46.2 Å². The van der Waals surface area contributed by atoms with Crippen LogP contribution in [-0.2, 0) is 6.18 Å². The number of hydrogen-bond donors (Lipinski definition) is 3. The van der Waals surface area contributed by atoms with E-state index in [1.54, 1.807) is 13.0 Å². The smallest absolute Gasteiger partial charge is 0.434 e. The molecular formula is C25H25F3N8O4S. The second kappa shape index (κ2) is 11.7. The first-order chi connectivity index (χ1) is 19.6. The predicted octanol–water partition coefficient (Wildman–Crippen LogP) is 4.24. The summed E-state index contributed by atoms with van der Waals surface area (Å²) in [6.45, 7) is 3.74. The zero-order chi connectivity index (χ0) is 29.1. The Labute approximate surface area is 235 Å². The molecule has 0 radical (unpaired) electrons. The van der Waals surface area contributed by atoms with Gasteiger partial charge in [0.15, 0.2) is 5.69 Å². The van der Waals surface area contributed by atoms with E-state index in [4.69, 9.17) is 9.15 Å². The topological polar surface area (TPSA) is 151 Å². The van der Waals surface area contributed by atoms with Crippen molar-refractivity contribution in [3.8, 4) is 39.0 Å². The number of thiazole rings is 1. The third-order valence-electron chi connectivity index (χ3n) is 6.28. The van der Waals surface area contributed by atoms with Gasteiger partial charge in [-0.3, -0.25) is 5.32 Å². The molecule has 0 aliphatic carbocycles. The van der Waals surface area contributed by atoms with Gasteiger partial charge in [-0.05, 0) is 38.9 Å². The van der Waals surface area contributed by atoms with Crippen molar-refractivity contribution in [2.75, 3.05) is 32.0 Å². The van der Waals surface area contributed by atoms with Crippen LogP contribution < -0.4 is 21.1 Å². The van der Waals surface area contributed by atoms with Crippen LogP contribution in [0.4, 0.5) is 23.8 Å². The van der Waals surface area contributed by atoms with Gasteiger partial charge in [-0.25, -0.2) is 29.6 Å². The number of likely N-dealkylation sites (tertiary alicyclic amines) is 1. The zero-order valence-electron chi connectivity index (χ0n) is 21.9. The van der Waals surface area contributed by atoms with Gasteiger partial charge >= 0.3 is 18.0 Å². The maximum absolute atomic E-state index is 13.5. The Balaban J connectivity index is 1.64. The van der Waals surface area contributed by atoms with Gasteiger partial charge in [-0.15, -0.1) is 16.4 Å². The predicted molar refractivity (Wildman–Crippen MR) is 144 cm³/mol. The molecule has 5 heterocycles. The number of alkyl halides is 3. The highest BCUT2D eigenvalue weighted by atomic mass is 32.1. The van der Waals surface area contributed by atoms with E-state index in [1.807, 2.05) is 7.05 Å². The van der Waals surface area contributed by atoms with Crippen LogP contribution in [0, 0.1) is 0 Å². The first kappa shape index (κ1) is 28.2. The van der Waals surface area contributed by atoms with E-state index >= 15 is 0 Å². The van der Waals surface area contributed by atoms with Crippen molar-refractivity contribution < 1.29 is 27.1 Å². The van der Waals surface area contributed by atoms with Crippen molar-refractivity contribution in [2.45, 2.75) is 32.0 Å². The van der Waals surface area contributed by atoms with Crippen LogP contribution in [0.1, 0.15) is 25.5 Å². The second-order valence-corrected chi connectivity index (χ2v) is 10.1. The highest BCUT2D eigenvalue weighted by Crippen LogP contribution is 2.42. The quantitative estimate of drug-likeness (QED) is 0.287. The van der Waals surface area contributed by atoms with E-state index < -0.39 is 23.7 Å². The monoisotopic (exact) mass is 590 g/mol. The largest absolute Gasteiger partial charge is 0.474 e. The minimum absolute atomic E-state index is 0.0350. The number of urea groups is 1. The molecule has 3 N–H and O–H groups in total. The first-order valence-corrected chi connectivity index (χ1v) is 13.5. The Morgan fingerprint density at radius 2 is 1.98 bits per heavy atom. The molecule has 2 amide bonds. The lowest BCUT2D eigenvalue weighted by Crippen LogP contribution is -2.35. The van der Waals surface area contributed by atoms with Crippen LogP contribution in [0.2, 0.25) is 0 Å². The molecule has 16 heteroatoms. The number of hydrogen-bond acceptors (Lipinski definition) is 10. The third kappa shape index (κ3) is 6.54. The van der Waals surface area contributed by atoms with Crippen LogP contribution in [-0.4, -0.2) is 68.9 Å². The second-order valence-electron chi connectivity index (χ2n) is 9.25. The van der Waals surface area contributed by atoms with Crippen molar-refractivity contribution in [1.82, 2.24) is 35.4 Å². The van der Waals surface area contributed by atoms with Gasteiger partial charge in [0, 0.05) is 54.1 Å². The molecule has 0 aromatic carbocycles. The van der Waals surface area contributed by atoms with Crippen molar-refractivity contribution in [3.63, 3.8) is 0 Å². The number of aromatic amines is 1. The molecule has 12 nitrogen and oxygen atoms in total. The molecule has 0 atom stereocenters. The number of nitrogens with zero attached hydrogens (tertiary/aromatic N) is 5. The van der Waals surface area contributed by atoms with Crippen LogP contribution in [0.5, 0.6) is 5.88 Å². The minimum atomic E-state index is -4.65. The number of piperidine rings is 1. The van der Waals surface area contributed by atoms with E-state index in [2.05, 4.69) is 40.7 Å². The van der Waals surface area contributed by atoms with Crippen LogP contribution in [0.15, 0.2) is 39.1 Å². The molecule has 0 saturated carbocycles. The van der Waals surface area contributed by atoms with E-state index in [0.717, 1.165) is 42.6 Å². The molecule has 0 bridgehead atoms. The van der Waals surface area contributed by atoms with Gasteiger partial charge in [0.2, 0.25) is 5.88 Å². The molecule has 1 fully saturated rings. The van der Waals surface area contributed by atoms with Crippen LogP contribution in [0.3, 0.4) is 0 Å². The summed E-state index contributed by atoms with van der Waals surface area (Å²) in [4.78, 5) is 38.5. The van der Waals surface area contributed by atoms with Gasteiger partial charge < -0.3 is 19.4 Å². The Hall–Kier alpha value is -4.31. The maximum atomic E-state index is 13.5. The van der Waals surface area contributed by atoms with Gasteiger partial charge in [-0.2, -0.15) is 13.2 Å². The first-order valence-electron chi connectivity index (χ1n) is 12.6. The van der Waals surface area contributed by atoms with E-state index in [1.165, 1.54) is 18.5 Å². The summed E-state index contributed by atoms with van der Waals surface area (Å²) in [6, 6.07) is 2.51. The van der Waals surface area contributed by atoms with Crippen LogP contribution in [0.25, 0.3) is 33.2 Å². The van der Waals surface area contributed by atoms with E-state index in [9.17, 15) is 22.8 Å². The summed E-state index contributed by atoms with van der Waals surface area (Å²) in [5, 5.41) is 12.1. The van der Waals surface area contributed by atoms with Gasteiger partial charge in [0.1, 0.15) is 16.9 Å². The highest BCUT2D eigenvalue weighted by molar-refractivity contribution is 7.13. The fourth-order valence-corrected chi connectivity index (χ4v) is 5.09. The number of carbonyl (C=O) groups excluding carboxylic acids is 1. The van der Waals surface area contributed by atoms with Gasteiger partial charge in [-0.1, -0.05) is 0 Å². The lowest BCUT2D eigenvalue weighted by atomic mass is 10.0. The maximum Gasteiger partial charge on any atom is 0.434 e.